The van der Waals surface area contributed by atoms with Crippen LogP contribution >= 0.6 is 11.3 Å². The Balaban J connectivity index is 1.80. The van der Waals surface area contributed by atoms with E-state index >= 15 is 0 Å². The van der Waals surface area contributed by atoms with Crippen molar-refractivity contribution in [3.63, 3.8) is 0 Å². The third kappa shape index (κ3) is 3.84. The maximum atomic E-state index is 13.0. The Kier molecular flexibility index (Phi) is 4.35. The summed E-state index contributed by atoms with van der Waals surface area (Å²) in [7, 11) is -3.15. The third-order valence-corrected chi connectivity index (χ3v) is 6.18. The van der Waals surface area contributed by atoms with E-state index in [1.54, 1.807) is 0 Å². The SMILES string of the molecule is Cc1cc(C(F)(F)F)n(-c2nc(C(=O)NC3CCS(=O)(=O)C3)cs2)n1. The van der Waals surface area contributed by atoms with E-state index in [4.69, 9.17) is 0 Å². The van der Waals surface area contributed by atoms with Gasteiger partial charge in [0.1, 0.15) is 5.69 Å². The Morgan fingerprint density at radius 3 is 2.76 bits per heavy atom. The summed E-state index contributed by atoms with van der Waals surface area (Å²) in [6, 6.07) is 0.380. The number of aryl methyl sites for hydroxylation is 1. The van der Waals surface area contributed by atoms with Crippen LogP contribution in [0.3, 0.4) is 0 Å². The Hall–Kier alpha value is -1.95. The molecule has 3 heterocycles. The lowest BCUT2D eigenvalue weighted by Gasteiger charge is -2.09. The van der Waals surface area contributed by atoms with Crippen LogP contribution in [-0.2, 0) is 16.0 Å². The highest BCUT2D eigenvalue weighted by molar-refractivity contribution is 7.91. The number of amides is 1. The van der Waals surface area contributed by atoms with Gasteiger partial charge in [-0.05, 0) is 19.4 Å². The van der Waals surface area contributed by atoms with Gasteiger partial charge in [-0.3, -0.25) is 4.79 Å². The lowest BCUT2D eigenvalue weighted by molar-refractivity contribution is -0.142. The second-order valence-electron chi connectivity index (χ2n) is 5.67. The molecule has 0 radical (unpaired) electrons. The normalized spacial score (nSPS) is 19.9. The van der Waals surface area contributed by atoms with Crippen LogP contribution in [0.2, 0.25) is 0 Å². The molecule has 1 unspecified atom stereocenters. The summed E-state index contributed by atoms with van der Waals surface area (Å²) in [5.74, 6) is -0.768. The Bertz CT molecular complexity index is 917. The number of alkyl halides is 3. The van der Waals surface area contributed by atoms with Gasteiger partial charge in [-0.25, -0.2) is 18.1 Å². The number of aromatic nitrogens is 3. The molecule has 1 aliphatic heterocycles. The van der Waals surface area contributed by atoms with Crippen LogP contribution in [0.25, 0.3) is 5.13 Å². The van der Waals surface area contributed by atoms with Gasteiger partial charge in [-0.15, -0.1) is 11.3 Å². The van der Waals surface area contributed by atoms with Crippen molar-refractivity contribution in [2.24, 2.45) is 0 Å². The molecule has 2 aromatic heterocycles. The molecule has 1 aliphatic rings. The maximum Gasteiger partial charge on any atom is 0.433 e. The number of nitrogens with one attached hydrogen (secondary N) is 1. The van der Waals surface area contributed by atoms with Gasteiger partial charge >= 0.3 is 6.18 Å². The predicted octanol–water partition coefficient (Wildman–Crippen LogP) is 1.57. The number of halogens is 3. The summed E-state index contributed by atoms with van der Waals surface area (Å²) in [4.78, 5) is 16.0. The summed E-state index contributed by atoms with van der Waals surface area (Å²) in [5, 5.41) is 7.53. The Morgan fingerprint density at radius 1 is 1.44 bits per heavy atom. The fourth-order valence-electron chi connectivity index (χ4n) is 2.48. The van der Waals surface area contributed by atoms with Crippen LogP contribution in [0.5, 0.6) is 0 Å². The first kappa shape index (κ1) is 17.9. The molecule has 12 heteroatoms. The monoisotopic (exact) mass is 394 g/mol. The van der Waals surface area contributed by atoms with E-state index in [0.29, 0.717) is 11.1 Å². The van der Waals surface area contributed by atoms with Crippen molar-refractivity contribution in [2.45, 2.75) is 25.6 Å². The topological polar surface area (TPSA) is 94.0 Å². The zero-order valence-electron chi connectivity index (χ0n) is 12.9. The molecule has 1 saturated heterocycles. The van der Waals surface area contributed by atoms with Gasteiger partial charge < -0.3 is 5.32 Å². The van der Waals surface area contributed by atoms with E-state index in [1.165, 1.54) is 12.3 Å². The minimum Gasteiger partial charge on any atom is -0.347 e. The molecule has 0 spiro atoms. The smallest absolute Gasteiger partial charge is 0.347 e. The van der Waals surface area contributed by atoms with Gasteiger partial charge in [0.05, 0.1) is 17.2 Å². The van der Waals surface area contributed by atoms with E-state index in [2.05, 4.69) is 15.4 Å². The second kappa shape index (κ2) is 6.09. The van der Waals surface area contributed by atoms with E-state index in [1.807, 2.05) is 0 Å². The number of thiazole rings is 1. The first-order valence-corrected chi connectivity index (χ1v) is 9.86. The molecule has 1 N–H and O–H groups in total. The molecular formula is C13H13F3N4O3S2. The zero-order valence-corrected chi connectivity index (χ0v) is 14.5. The largest absolute Gasteiger partial charge is 0.433 e. The fraction of sp³-hybridized carbons (Fsp3) is 0.462. The van der Waals surface area contributed by atoms with Gasteiger partial charge in [0.15, 0.2) is 15.5 Å². The molecule has 0 aromatic carbocycles. The van der Waals surface area contributed by atoms with Gasteiger partial charge in [0, 0.05) is 11.4 Å². The van der Waals surface area contributed by atoms with Crippen LogP contribution in [0.1, 0.15) is 28.3 Å². The molecular weight excluding hydrogens is 381 g/mol. The molecule has 0 aliphatic carbocycles. The van der Waals surface area contributed by atoms with Crippen LogP contribution in [0.15, 0.2) is 11.4 Å². The molecule has 136 valence electrons. The predicted molar refractivity (Wildman–Crippen MR) is 83.5 cm³/mol. The number of hydrogen-bond donors (Lipinski definition) is 1. The molecule has 1 amide bonds. The number of carbonyl (C=O) groups excluding carboxylic acids is 1. The molecule has 1 fully saturated rings. The lowest BCUT2D eigenvalue weighted by atomic mass is 10.2. The molecule has 7 nitrogen and oxygen atoms in total. The van der Waals surface area contributed by atoms with Crippen molar-refractivity contribution >= 4 is 27.1 Å². The minimum atomic E-state index is -4.60. The van der Waals surface area contributed by atoms with Gasteiger partial charge in [0.25, 0.3) is 5.91 Å². The highest BCUT2D eigenvalue weighted by Gasteiger charge is 2.37. The van der Waals surface area contributed by atoms with E-state index in [-0.39, 0.29) is 28.0 Å². The number of nitrogens with zero attached hydrogens (tertiary/aromatic N) is 3. The summed E-state index contributed by atoms with van der Waals surface area (Å²) < 4.78 is 62.6. The standard InChI is InChI=1S/C13H13F3N4O3S2/c1-7-4-10(13(14,15)16)20(19-7)12-18-9(5-24-12)11(21)17-8-2-3-25(22,23)6-8/h4-5,8H,2-3,6H2,1H3,(H,17,21). The Morgan fingerprint density at radius 2 is 2.16 bits per heavy atom. The van der Waals surface area contributed by atoms with Gasteiger partial charge in [0.2, 0.25) is 5.13 Å². The van der Waals surface area contributed by atoms with Crippen LogP contribution < -0.4 is 5.32 Å². The quantitative estimate of drug-likeness (QED) is 0.853. The van der Waals surface area contributed by atoms with Crippen molar-refractivity contribution in [1.82, 2.24) is 20.1 Å². The molecule has 0 saturated carbocycles. The number of rotatable bonds is 3. The fourth-order valence-corrected chi connectivity index (χ4v) is 4.92. The number of carbonyl (C=O) groups is 1. The molecule has 3 rings (SSSR count). The van der Waals surface area contributed by atoms with Crippen molar-refractivity contribution in [1.29, 1.82) is 0 Å². The van der Waals surface area contributed by atoms with Crippen molar-refractivity contribution in [3.05, 3.63) is 28.5 Å². The second-order valence-corrected chi connectivity index (χ2v) is 8.73. The first-order valence-electron chi connectivity index (χ1n) is 7.16. The van der Waals surface area contributed by atoms with Crippen LogP contribution in [-0.4, -0.2) is 46.6 Å². The summed E-state index contributed by atoms with van der Waals surface area (Å²) >= 11 is 0.843. The summed E-state index contributed by atoms with van der Waals surface area (Å²) in [5.41, 5.74) is -0.886. The number of hydrogen-bond acceptors (Lipinski definition) is 6. The van der Waals surface area contributed by atoms with Crippen molar-refractivity contribution < 1.29 is 26.4 Å². The lowest BCUT2D eigenvalue weighted by Crippen LogP contribution is -2.35. The van der Waals surface area contributed by atoms with Crippen molar-refractivity contribution in [3.8, 4) is 5.13 Å². The molecule has 1 atom stereocenters. The zero-order chi connectivity index (χ0) is 18.4. The Labute approximate surface area is 144 Å². The molecule has 0 bridgehead atoms. The van der Waals surface area contributed by atoms with Crippen molar-refractivity contribution in [2.75, 3.05) is 11.5 Å². The minimum absolute atomic E-state index is 0.00175. The summed E-state index contributed by atoms with van der Waals surface area (Å²) in [6.07, 6.45) is -4.30. The third-order valence-electron chi connectivity index (χ3n) is 3.60. The maximum absolute atomic E-state index is 13.0. The molecule has 2 aromatic rings. The number of sulfone groups is 1. The van der Waals surface area contributed by atoms with Crippen LogP contribution in [0.4, 0.5) is 13.2 Å². The average Bonchev–Trinajstić information content (AvgIpc) is 3.16. The highest BCUT2D eigenvalue weighted by atomic mass is 32.2. The van der Waals surface area contributed by atoms with E-state index in [9.17, 15) is 26.4 Å². The molecule has 25 heavy (non-hydrogen) atoms. The first-order chi connectivity index (χ1) is 11.5. The highest BCUT2D eigenvalue weighted by Crippen LogP contribution is 2.32. The van der Waals surface area contributed by atoms with E-state index in [0.717, 1.165) is 17.4 Å². The van der Waals surface area contributed by atoms with Gasteiger partial charge in [-0.2, -0.15) is 18.3 Å². The van der Waals surface area contributed by atoms with Gasteiger partial charge in [-0.1, -0.05) is 0 Å². The summed E-state index contributed by atoms with van der Waals surface area (Å²) in [6.45, 7) is 1.42. The average molecular weight is 394 g/mol. The van der Waals surface area contributed by atoms with Crippen LogP contribution in [0, 0.1) is 6.92 Å². The van der Waals surface area contributed by atoms with E-state index < -0.39 is 33.7 Å².